The maximum atomic E-state index is 12.9. The van der Waals surface area contributed by atoms with Crippen molar-refractivity contribution in [3.8, 4) is 5.75 Å². The van der Waals surface area contributed by atoms with Gasteiger partial charge in [-0.15, -0.1) is 0 Å². The Labute approximate surface area is 135 Å². The fourth-order valence-corrected chi connectivity index (χ4v) is 2.69. The van der Waals surface area contributed by atoms with Crippen LogP contribution in [0.4, 0.5) is 0 Å². The van der Waals surface area contributed by atoms with Crippen LogP contribution in [0.2, 0.25) is 0 Å². The van der Waals surface area contributed by atoms with Gasteiger partial charge >= 0.3 is 0 Å². The molecule has 0 spiro atoms. The second-order valence-corrected chi connectivity index (χ2v) is 5.42. The number of hydrogen-bond donors (Lipinski definition) is 0. The van der Waals surface area contributed by atoms with Crippen LogP contribution < -0.4 is 4.74 Å². The van der Waals surface area contributed by atoms with Crippen LogP contribution in [0.15, 0.2) is 54.9 Å². The Morgan fingerprint density at radius 1 is 1.22 bits per heavy atom. The number of pyridine rings is 1. The molecule has 3 rings (SSSR count). The van der Waals surface area contributed by atoms with E-state index < -0.39 is 0 Å². The smallest absolute Gasteiger partial charge is 0.257 e. The highest BCUT2D eigenvalue weighted by Gasteiger charge is 2.23. The van der Waals surface area contributed by atoms with Gasteiger partial charge in [0.25, 0.3) is 5.91 Å². The van der Waals surface area contributed by atoms with Gasteiger partial charge in [-0.3, -0.25) is 4.79 Å². The summed E-state index contributed by atoms with van der Waals surface area (Å²) in [5.41, 5.74) is 2.37. The van der Waals surface area contributed by atoms with Crippen molar-refractivity contribution in [2.75, 3.05) is 14.2 Å². The predicted molar refractivity (Wildman–Crippen MR) is 88.7 cm³/mol. The Morgan fingerprint density at radius 3 is 2.74 bits per heavy atom. The number of carbonyl (C=O) groups excluding carboxylic acids is 1. The molecule has 0 N–H and O–H groups in total. The molecule has 0 aliphatic rings. The molecule has 5 nitrogen and oxygen atoms in total. The average molecular weight is 309 g/mol. The van der Waals surface area contributed by atoms with Gasteiger partial charge in [0.2, 0.25) is 0 Å². The van der Waals surface area contributed by atoms with Gasteiger partial charge < -0.3 is 9.64 Å². The lowest BCUT2D eigenvalue weighted by molar-refractivity contribution is 0.0743. The zero-order valence-electron chi connectivity index (χ0n) is 13.4. The SMILES string of the molecule is COc1ccccc1[C@H](C)N(C)C(=O)c1cnn2ccccc12. The monoisotopic (exact) mass is 309 g/mol. The van der Waals surface area contributed by atoms with Crippen molar-refractivity contribution in [3.63, 3.8) is 0 Å². The van der Waals surface area contributed by atoms with Gasteiger partial charge in [0.15, 0.2) is 0 Å². The second-order valence-electron chi connectivity index (χ2n) is 5.42. The Kier molecular flexibility index (Phi) is 4.02. The zero-order valence-corrected chi connectivity index (χ0v) is 13.4. The van der Waals surface area contributed by atoms with Crippen molar-refractivity contribution in [1.82, 2.24) is 14.5 Å². The van der Waals surface area contributed by atoms with E-state index in [-0.39, 0.29) is 11.9 Å². The minimum absolute atomic E-state index is 0.0652. The molecule has 0 fully saturated rings. The standard InChI is InChI=1S/C18H19N3O2/c1-13(14-8-4-5-10-17(14)23-3)20(2)18(22)15-12-19-21-11-7-6-9-16(15)21/h4-13H,1-3H3/t13-/m0/s1. The van der Waals surface area contributed by atoms with E-state index >= 15 is 0 Å². The summed E-state index contributed by atoms with van der Waals surface area (Å²) in [6.07, 6.45) is 3.44. The van der Waals surface area contributed by atoms with Crippen molar-refractivity contribution in [2.24, 2.45) is 0 Å². The van der Waals surface area contributed by atoms with E-state index in [9.17, 15) is 4.79 Å². The summed E-state index contributed by atoms with van der Waals surface area (Å²) in [4.78, 5) is 14.6. The minimum Gasteiger partial charge on any atom is -0.496 e. The first-order valence-electron chi connectivity index (χ1n) is 7.46. The summed E-state index contributed by atoms with van der Waals surface area (Å²) in [6.45, 7) is 1.99. The minimum atomic E-state index is -0.114. The van der Waals surface area contributed by atoms with Crippen LogP contribution in [-0.4, -0.2) is 34.6 Å². The zero-order chi connectivity index (χ0) is 16.4. The number of hydrogen-bond acceptors (Lipinski definition) is 3. The molecule has 3 aromatic rings. The lowest BCUT2D eigenvalue weighted by Gasteiger charge is -2.26. The van der Waals surface area contributed by atoms with E-state index in [2.05, 4.69) is 5.10 Å². The van der Waals surface area contributed by atoms with Crippen LogP contribution >= 0.6 is 0 Å². The normalized spacial score (nSPS) is 12.1. The summed E-state index contributed by atoms with van der Waals surface area (Å²) in [5, 5.41) is 4.23. The van der Waals surface area contributed by atoms with Crippen molar-refractivity contribution >= 4 is 11.4 Å². The average Bonchev–Trinajstić information content (AvgIpc) is 3.03. The molecule has 0 saturated carbocycles. The fourth-order valence-electron chi connectivity index (χ4n) is 2.69. The summed E-state index contributed by atoms with van der Waals surface area (Å²) in [5.74, 6) is 0.712. The van der Waals surface area contributed by atoms with Crippen LogP contribution in [0, 0.1) is 0 Å². The third-order valence-electron chi connectivity index (χ3n) is 4.15. The molecule has 0 saturated heterocycles. The molecule has 0 aliphatic heterocycles. The highest BCUT2D eigenvalue weighted by molar-refractivity contribution is 6.00. The summed E-state index contributed by atoms with van der Waals surface area (Å²) in [6, 6.07) is 13.3. The number of methoxy groups -OCH3 is 1. The number of nitrogens with zero attached hydrogens (tertiary/aromatic N) is 3. The molecule has 118 valence electrons. The highest BCUT2D eigenvalue weighted by atomic mass is 16.5. The number of benzene rings is 1. The van der Waals surface area contributed by atoms with E-state index in [1.807, 2.05) is 55.6 Å². The Bertz CT molecular complexity index is 841. The van der Waals surface area contributed by atoms with Crippen molar-refractivity contribution in [2.45, 2.75) is 13.0 Å². The quantitative estimate of drug-likeness (QED) is 0.743. The van der Waals surface area contributed by atoms with Gasteiger partial charge in [-0.05, 0) is 25.1 Å². The first kappa shape index (κ1) is 15.1. The molecule has 1 amide bonds. The molecule has 5 heteroatoms. The molecular weight excluding hydrogens is 290 g/mol. The van der Waals surface area contributed by atoms with Gasteiger partial charge in [0, 0.05) is 18.8 Å². The lowest BCUT2D eigenvalue weighted by atomic mass is 10.1. The van der Waals surface area contributed by atoms with Gasteiger partial charge in [0.05, 0.1) is 30.4 Å². The van der Waals surface area contributed by atoms with Gasteiger partial charge in [-0.2, -0.15) is 5.10 Å². The topological polar surface area (TPSA) is 46.8 Å². The number of carbonyl (C=O) groups is 1. The first-order valence-corrected chi connectivity index (χ1v) is 7.46. The van der Waals surface area contributed by atoms with E-state index in [1.54, 1.807) is 29.8 Å². The Hall–Kier alpha value is -2.82. The van der Waals surface area contributed by atoms with Gasteiger partial charge in [-0.1, -0.05) is 24.3 Å². The maximum Gasteiger partial charge on any atom is 0.257 e. The van der Waals surface area contributed by atoms with Gasteiger partial charge in [-0.25, -0.2) is 4.52 Å². The van der Waals surface area contributed by atoms with Crippen LogP contribution in [-0.2, 0) is 0 Å². The van der Waals surface area contributed by atoms with Crippen molar-refractivity contribution in [1.29, 1.82) is 0 Å². The molecule has 2 heterocycles. The van der Waals surface area contributed by atoms with Gasteiger partial charge in [0.1, 0.15) is 5.75 Å². The predicted octanol–water partition coefficient (Wildman–Crippen LogP) is 3.18. The number of fused-ring (bicyclic) bond motifs is 1. The van der Waals surface area contributed by atoms with Crippen molar-refractivity contribution < 1.29 is 9.53 Å². The number of para-hydroxylation sites is 1. The van der Waals surface area contributed by atoms with Crippen LogP contribution in [0.3, 0.4) is 0 Å². The van der Waals surface area contributed by atoms with E-state index in [0.717, 1.165) is 16.8 Å². The molecule has 1 atom stereocenters. The third-order valence-corrected chi connectivity index (χ3v) is 4.15. The van der Waals surface area contributed by atoms with E-state index in [4.69, 9.17) is 4.74 Å². The number of ether oxygens (including phenoxy) is 1. The maximum absolute atomic E-state index is 12.9. The van der Waals surface area contributed by atoms with Crippen LogP contribution in [0.5, 0.6) is 5.75 Å². The van der Waals surface area contributed by atoms with E-state index in [1.165, 1.54) is 0 Å². The Morgan fingerprint density at radius 2 is 1.96 bits per heavy atom. The molecule has 2 aromatic heterocycles. The van der Waals surface area contributed by atoms with Crippen LogP contribution in [0.25, 0.3) is 5.52 Å². The molecule has 0 unspecified atom stereocenters. The first-order chi connectivity index (χ1) is 11.1. The van der Waals surface area contributed by atoms with Crippen molar-refractivity contribution in [3.05, 3.63) is 66.0 Å². The van der Waals surface area contributed by atoms with E-state index in [0.29, 0.717) is 5.56 Å². The third kappa shape index (κ3) is 2.65. The molecule has 23 heavy (non-hydrogen) atoms. The molecule has 0 aliphatic carbocycles. The highest BCUT2D eigenvalue weighted by Crippen LogP contribution is 2.29. The summed E-state index contributed by atoms with van der Waals surface area (Å²) < 4.78 is 7.11. The Balaban J connectivity index is 1.93. The summed E-state index contributed by atoms with van der Waals surface area (Å²) in [7, 11) is 3.44. The lowest BCUT2D eigenvalue weighted by Crippen LogP contribution is -2.29. The number of aromatic nitrogens is 2. The molecule has 1 aromatic carbocycles. The molecule has 0 bridgehead atoms. The fraction of sp³-hybridized carbons (Fsp3) is 0.222. The van der Waals surface area contributed by atoms with Crippen LogP contribution in [0.1, 0.15) is 28.9 Å². The number of rotatable bonds is 4. The number of amides is 1. The second kappa shape index (κ2) is 6.12. The largest absolute Gasteiger partial charge is 0.496 e. The molecular formula is C18H19N3O2. The molecule has 0 radical (unpaired) electrons. The summed E-state index contributed by atoms with van der Waals surface area (Å²) >= 11 is 0.